The molecule has 1 aliphatic carbocycles. The fraction of sp³-hybridized carbons (Fsp3) is 0.750. The summed E-state index contributed by atoms with van der Waals surface area (Å²) >= 11 is 0. The summed E-state index contributed by atoms with van der Waals surface area (Å²) in [6.45, 7) is 6.74. The molecule has 2 heterocycles. The highest BCUT2D eigenvalue weighted by Gasteiger charge is 2.47. The van der Waals surface area contributed by atoms with Gasteiger partial charge in [-0.15, -0.1) is 0 Å². The first-order valence-corrected chi connectivity index (χ1v) is 10.6. The quantitative estimate of drug-likeness (QED) is 0.625. The second kappa shape index (κ2) is 5.41. The van der Waals surface area contributed by atoms with Crippen molar-refractivity contribution in [3.63, 3.8) is 0 Å². The van der Waals surface area contributed by atoms with E-state index in [-0.39, 0.29) is 24.4 Å². The van der Waals surface area contributed by atoms with Crippen LogP contribution in [0.5, 0.6) is 0 Å². The van der Waals surface area contributed by atoms with Crippen LogP contribution < -0.4 is 0 Å². The minimum atomic E-state index is -1.69. The zero-order chi connectivity index (χ0) is 14.3. The number of rotatable bonds is 5. The lowest BCUT2D eigenvalue weighted by Gasteiger charge is -2.39. The smallest absolute Gasteiger partial charge is 0.193 e. The van der Waals surface area contributed by atoms with Crippen LogP contribution in [0.25, 0.3) is 0 Å². The number of hydrogen-bond acceptors (Lipinski definition) is 3. The van der Waals surface area contributed by atoms with Crippen molar-refractivity contribution in [1.29, 1.82) is 0 Å². The summed E-state index contributed by atoms with van der Waals surface area (Å²) in [7, 11) is -1.69. The van der Waals surface area contributed by atoms with Crippen LogP contribution in [0.4, 0.5) is 0 Å². The van der Waals surface area contributed by atoms with Crippen molar-refractivity contribution >= 4 is 8.32 Å². The molecule has 2 bridgehead atoms. The lowest BCUT2D eigenvalue weighted by molar-refractivity contribution is -0.0108. The molecule has 0 unspecified atom stereocenters. The van der Waals surface area contributed by atoms with E-state index in [0.29, 0.717) is 0 Å². The van der Waals surface area contributed by atoms with Gasteiger partial charge in [0.15, 0.2) is 8.32 Å². The van der Waals surface area contributed by atoms with Gasteiger partial charge >= 0.3 is 0 Å². The first-order chi connectivity index (χ1) is 9.64. The fourth-order valence-electron chi connectivity index (χ4n) is 3.90. The van der Waals surface area contributed by atoms with Gasteiger partial charge in [0.25, 0.3) is 0 Å². The molecule has 0 spiro atoms. The molecule has 0 saturated carbocycles. The molecule has 0 fully saturated rings. The third-order valence-electron chi connectivity index (χ3n) is 5.45. The van der Waals surface area contributed by atoms with Gasteiger partial charge in [-0.25, -0.2) is 0 Å². The molecule has 20 heavy (non-hydrogen) atoms. The van der Waals surface area contributed by atoms with Crippen molar-refractivity contribution in [2.24, 2.45) is 0 Å². The molecule has 1 N–H and O–H groups in total. The topological polar surface area (TPSA) is 38.7 Å². The normalized spacial score (nSPS) is 35.8. The molecule has 0 aromatic rings. The highest BCUT2D eigenvalue weighted by atomic mass is 28.4. The van der Waals surface area contributed by atoms with Gasteiger partial charge in [0.1, 0.15) is 6.10 Å². The van der Waals surface area contributed by atoms with Crippen LogP contribution in [0.2, 0.25) is 18.1 Å². The molecule has 0 radical (unpaired) electrons. The summed E-state index contributed by atoms with van der Waals surface area (Å²) in [6.07, 6.45) is 5.84. The Hall–Kier alpha value is -0.423. The first kappa shape index (κ1) is 14.5. The maximum absolute atomic E-state index is 10.4. The van der Waals surface area contributed by atoms with Crippen LogP contribution in [0.3, 0.4) is 0 Å². The first-order valence-electron chi connectivity index (χ1n) is 8.06. The lowest BCUT2D eigenvalue weighted by atomic mass is 9.97. The van der Waals surface area contributed by atoms with E-state index in [0.717, 1.165) is 36.5 Å². The van der Waals surface area contributed by atoms with Crippen LogP contribution >= 0.6 is 0 Å². The van der Waals surface area contributed by atoms with Gasteiger partial charge in [-0.05, 0) is 42.1 Å². The Morgan fingerprint density at radius 3 is 2.60 bits per heavy atom. The molecular formula is C16H26O3Si. The van der Waals surface area contributed by atoms with E-state index in [2.05, 4.69) is 32.9 Å². The van der Waals surface area contributed by atoms with E-state index in [1.165, 1.54) is 5.57 Å². The van der Waals surface area contributed by atoms with E-state index < -0.39 is 8.32 Å². The summed E-state index contributed by atoms with van der Waals surface area (Å²) in [5.74, 6) is 0. The molecule has 4 heteroatoms. The number of fused-ring (bicyclic) bond motifs is 3. The highest BCUT2D eigenvalue weighted by molar-refractivity contribution is 6.73. The minimum absolute atomic E-state index is 0.0167. The fourth-order valence-corrected chi connectivity index (χ4v) is 6.70. The highest BCUT2D eigenvalue weighted by Crippen LogP contribution is 2.44. The maximum atomic E-state index is 10.4. The molecule has 0 amide bonds. The molecule has 2 aliphatic heterocycles. The third kappa shape index (κ3) is 2.13. The molecule has 112 valence electrons. The number of aliphatic hydroxyl groups excluding tert-OH is 1. The Labute approximate surface area is 122 Å². The summed E-state index contributed by atoms with van der Waals surface area (Å²) in [5, 5.41) is 10.4. The SMILES string of the molecule is CC[Si](CC)(CC)O[C@H]1C2=C(CC[C@@H]2O)[C@H]2C=C[C@@H]1O2. The van der Waals surface area contributed by atoms with Crippen molar-refractivity contribution in [3.8, 4) is 0 Å². The molecule has 3 nitrogen and oxygen atoms in total. The van der Waals surface area contributed by atoms with Gasteiger partial charge in [0.05, 0.1) is 18.3 Å². The minimum Gasteiger partial charge on any atom is -0.407 e. The lowest BCUT2D eigenvalue weighted by Crippen LogP contribution is -2.48. The Morgan fingerprint density at radius 2 is 1.95 bits per heavy atom. The molecule has 4 atom stereocenters. The van der Waals surface area contributed by atoms with Crippen LogP contribution in [0.1, 0.15) is 33.6 Å². The van der Waals surface area contributed by atoms with Crippen molar-refractivity contribution in [2.45, 2.75) is 76.2 Å². The largest absolute Gasteiger partial charge is 0.407 e. The number of hydrogen-bond donors (Lipinski definition) is 1. The molecule has 3 aliphatic rings. The zero-order valence-corrected chi connectivity index (χ0v) is 13.8. The predicted octanol–water partition coefficient (Wildman–Crippen LogP) is 3.17. The van der Waals surface area contributed by atoms with Crippen molar-refractivity contribution in [3.05, 3.63) is 23.3 Å². The average molecular weight is 294 g/mol. The average Bonchev–Trinajstić information content (AvgIpc) is 3.06. The van der Waals surface area contributed by atoms with Gasteiger partial charge in [-0.3, -0.25) is 0 Å². The Bertz CT molecular complexity index is 431. The van der Waals surface area contributed by atoms with E-state index in [4.69, 9.17) is 9.16 Å². The summed E-state index contributed by atoms with van der Waals surface area (Å²) in [5.41, 5.74) is 2.45. The Kier molecular flexibility index (Phi) is 3.92. The van der Waals surface area contributed by atoms with Gasteiger partial charge in [-0.1, -0.05) is 32.9 Å². The Balaban J connectivity index is 1.91. The monoisotopic (exact) mass is 294 g/mol. The summed E-state index contributed by atoms with van der Waals surface area (Å²) in [6, 6.07) is 3.40. The van der Waals surface area contributed by atoms with Gasteiger partial charge in [0.2, 0.25) is 0 Å². The molecule has 0 aromatic carbocycles. The van der Waals surface area contributed by atoms with E-state index in [1.807, 2.05) is 0 Å². The molecule has 0 aromatic heterocycles. The molecule has 0 saturated heterocycles. The van der Waals surface area contributed by atoms with Crippen LogP contribution in [-0.2, 0) is 9.16 Å². The van der Waals surface area contributed by atoms with Crippen molar-refractivity contribution < 1.29 is 14.3 Å². The Morgan fingerprint density at radius 1 is 1.25 bits per heavy atom. The number of ether oxygens (including phenoxy) is 1. The zero-order valence-electron chi connectivity index (χ0n) is 12.8. The van der Waals surface area contributed by atoms with Gasteiger partial charge in [-0.2, -0.15) is 0 Å². The third-order valence-corrected chi connectivity index (χ3v) is 10.1. The van der Waals surface area contributed by atoms with Gasteiger partial charge < -0.3 is 14.3 Å². The second-order valence-corrected chi connectivity index (χ2v) is 10.9. The van der Waals surface area contributed by atoms with Crippen molar-refractivity contribution in [2.75, 3.05) is 0 Å². The van der Waals surface area contributed by atoms with Crippen LogP contribution in [-0.4, -0.2) is 37.8 Å². The van der Waals surface area contributed by atoms with Crippen LogP contribution in [0.15, 0.2) is 23.3 Å². The standard InChI is InChI=1S/C16H26O3Si/c1-4-20(5-2,6-3)19-16-14-10-9-13(18-14)11-7-8-12(17)15(11)16/h9-10,12-14,16-17H,4-8H2,1-3H3/t12-,13+,14-,16+/m0/s1. The predicted molar refractivity (Wildman–Crippen MR) is 82.1 cm³/mol. The summed E-state index contributed by atoms with van der Waals surface area (Å²) < 4.78 is 12.8. The van der Waals surface area contributed by atoms with E-state index >= 15 is 0 Å². The molecule has 3 rings (SSSR count). The maximum Gasteiger partial charge on any atom is 0.193 e. The molecular weight excluding hydrogens is 268 g/mol. The summed E-state index contributed by atoms with van der Waals surface area (Å²) in [4.78, 5) is 0. The van der Waals surface area contributed by atoms with Gasteiger partial charge in [0, 0.05) is 0 Å². The van der Waals surface area contributed by atoms with Crippen LogP contribution in [0, 0.1) is 0 Å². The second-order valence-electron chi connectivity index (χ2n) is 6.22. The number of aliphatic hydroxyl groups is 1. The van der Waals surface area contributed by atoms with Crippen molar-refractivity contribution in [1.82, 2.24) is 0 Å². The van der Waals surface area contributed by atoms with E-state index in [1.54, 1.807) is 0 Å². The van der Waals surface area contributed by atoms with E-state index in [9.17, 15) is 5.11 Å².